The highest BCUT2D eigenvalue weighted by atomic mass is 32.1. The molecule has 0 saturated carbocycles. The maximum atomic E-state index is 5.28. The van der Waals surface area contributed by atoms with Crippen LogP contribution >= 0.6 is 11.3 Å². The topological polar surface area (TPSA) is 35.2 Å². The first-order valence-corrected chi connectivity index (χ1v) is 4.47. The van der Waals surface area contributed by atoms with Gasteiger partial charge in [0.25, 0.3) is 0 Å². The third-order valence-corrected chi connectivity index (χ3v) is 2.28. The van der Waals surface area contributed by atoms with Gasteiger partial charge in [-0.05, 0) is 19.1 Å². The minimum absolute atomic E-state index is 0.602. The highest BCUT2D eigenvalue weighted by Crippen LogP contribution is 2.15. The Morgan fingerprint density at radius 1 is 1.55 bits per heavy atom. The van der Waals surface area contributed by atoms with Crippen LogP contribution in [-0.2, 0) is 11.3 Å². The van der Waals surface area contributed by atoms with Gasteiger partial charge in [-0.25, -0.2) is 0 Å². The summed E-state index contributed by atoms with van der Waals surface area (Å²) in [7, 11) is 0. The summed E-state index contributed by atoms with van der Waals surface area (Å²) in [6, 6.07) is 4.20. The van der Waals surface area contributed by atoms with Crippen molar-refractivity contribution in [3.63, 3.8) is 0 Å². The minimum Gasteiger partial charge on any atom is -0.375 e. The number of hydrogen-bond acceptors (Lipinski definition) is 3. The smallest absolute Gasteiger partial charge is 0.0810 e. The van der Waals surface area contributed by atoms with Crippen LogP contribution in [0.1, 0.15) is 9.75 Å². The molecule has 0 bridgehead atoms. The molecule has 11 heavy (non-hydrogen) atoms. The molecule has 0 amide bonds. The number of nitrogens with two attached hydrogens (primary N) is 1. The van der Waals surface area contributed by atoms with Gasteiger partial charge in [-0.3, -0.25) is 0 Å². The van der Waals surface area contributed by atoms with Crippen LogP contribution in [0.25, 0.3) is 0 Å². The van der Waals surface area contributed by atoms with Crippen molar-refractivity contribution >= 4 is 11.3 Å². The average Bonchev–Trinajstić information content (AvgIpc) is 2.37. The third-order valence-electron chi connectivity index (χ3n) is 1.30. The molecule has 62 valence electrons. The number of rotatable bonds is 4. The quantitative estimate of drug-likeness (QED) is 0.697. The molecule has 0 aliphatic heterocycles. The monoisotopic (exact) mass is 171 g/mol. The van der Waals surface area contributed by atoms with E-state index in [1.54, 1.807) is 11.3 Å². The molecule has 0 radical (unpaired) electrons. The van der Waals surface area contributed by atoms with Gasteiger partial charge in [-0.15, -0.1) is 11.3 Å². The van der Waals surface area contributed by atoms with E-state index in [2.05, 4.69) is 19.1 Å². The molecule has 1 aromatic heterocycles. The zero-order chi connectivity index (χ0) is 8.10. The lowest BCUT2D eigenvalue weighted by atomic mass is 10.4. The maximum absolute atomic E-state index is 5.28. The zero-order valence-electron chi connectivity index (χ0n) is 6.67. The summed E-state index contributed by atoms with van der Waals surface area (Å²) in [6.07, 6.45) is 0. The molecular weight excluding hydrogens is 158 g/mol. The third kappa shape index (κ3) is 3.01. The van der Waals surface area contributed by atoms with Crippen LogP contribution in [0.4, 0.5) is 0 Å². The normalized spacial score (nSPS) is 10.4. The van der Waals surface area contributed by atoms with Crippen LogP contribution in [0, 0.1) is 6.92 Å². The predicted octanol–water partition coefficient (Wildman–Crippen LogP) is 1.53. The number of aryl methyl sites for hydroxylation is 1. The fourth-order valence-corrected chi connectivity index (χ4v) is 1.65. The van der Waals surface area contributed by atoms with Crippen LogP contribution in [-0.4, -0.2) is 13.2 Å². The Balaban J connectivity index is 2.27. The van der Waals surface area contributed by atoms with E-state index in [1.165, 1.54) is 9.75 Å². The van der Waals surface area contributed by atoms with E-state index in [4.69, 9.17) is 10.5 Å². The molecule has 1 rings (SSSR count). The van der Waals surface area contributed by atoms with Gasteiger partial charge in [-0.1, -0.05) is 0 Å². The standard InChI is InChI=1S/C8H13NOS/c1-7-2-3-8(11-7)6-10-5-4-9/h2-3H,4-6,9H2,1H3. The van der Waals surface area contributed by atoms with Crippen LogP contribution in [0.15, 0.2) is 12.1 Å². The maximum Gasteiger partial charge on any atom is 0.0810 e. The predicted molar refractivity (Wildman–Crippen MR) is 47.8 cm³/mol. The van der Waals surface area contributed by atoms with Gasteiger partial charge < -0.3 is 10.5 Å². The molecule has 0 atom stereocenters. The summed E-state index contributed by atoms with van der Waals surface area (Å²) in [5.74, 6) is 0. The van der Waals surface area contributed by atoms with E-state index in [0.29, 0.717) is 19.8 Å². The number of ether oxygens (including phenoxy) is 1. The van der Waals surface area contributed by atoms with Gasteiger partial charge >= 0.3 is 0 Å². The summed E-state index contributed by atoms with van der Waals surface area (Å²) in [5, 5.41) is 0. The van der Waals surface area contributed by atoms with Gasteiger partial charge in [-0.2, -0.15) is 0 Å². The van der Waals surface area contributed by atoms with Crippen LogP contribution in [0.2, 0.25) is 0 Å². The van der Waals surface area contributed by atoms with E-state index in [1.807, 2.05) is 0 Å². The van der Waals surface area contributed by atoms with E-state index in [-0.39, 0.29) is 0 Å². The molecule has 1 aromatic rings. The fraction of sp³-hybridized carbons (Fsp3) is 0.500. The minimum atomic E-state index is 0.602. The van der Waals surface area contributed by atoms with Crippen molar-refractivity contribution in [2.45, 2.75) is 13.5 Å². The van der Waals surface area contributed by atoms with Crippen LogP contribution < -0.4 is 5.73 Å². The van der Waals surface area contributed by atoms with Gasteiger partial charge in [0, 0.05) is 16.3 Å². The zero-order valence-corrected chi connectivity index (χ0v) is 7.49. The molecule has 0 aromatic carbocycles. The first kappa shape index (κ1) is 8.71. The van der Waals surface area contributed by atoms with Gasteiger partial charge in [0.15, 0.2) is 0 Å². The van der Waals surface area contributed by atoms with Crippen molar-refractivity contribution in [1.29, 1.82) is 0 Å². The molecule has 1 heterocycles. The lowest BCUT2D eigenvalue weighted by Crippen LogP contribution is -2.07. The van der Waals surface area contributed by atoms with Gasteiger partial charge in [0.1, 0.15) is 0 Å². The molecule has 2 N–H and O–H groups in total. The summed E-state index contributed by atoms with van der Waals surface area (Å²) >= 11 is 1.77. The van der Waals surface area contributed by atoms with E-state index in [9.17, 15) is 0 Å². The second-order valence-corrected chi connectivity index (χ2v) is 3.73. The van der Waals surface area contributed by atoms with E-state index < -0.39 is 0 Å². The first-order chi connectivity index (χ1) is 5.33. The molecule has 0 aliphatic rings. The Bertz CT molecular complexity index is 210. The van der Waals surface area contributed by atoms with Gasteiger partial charge in [0.2, 0.25) is 0 Å². The highest BCUT2D eigenvalue weighted by molar-refractivity contribution is 7.11. The Labute approximate surface area is 71.0 Å². The number of hydrogen-bond donors (Lipinski definition) is 1. The molecule has 3 heteroatoms. The molecule has 0 aliphatic carbocycles. The fourth-order valence-electron chi connectivity index (χ4n) is 0.819. The first-order valence-electron chi connectivity index (χ1n) is 3.66. The van der Waals surface area contributed by atoms with Crippen molar-refractivity contribution in [2.75, 3.05) is 13.2 Å². The summed E-state index contributed by atoms with van der Waals surface area (Å²) in [6.45, 7) is 4.05. The van der Waals surface area contributed by atoms with Crippen molar-refractivity contribution in [3.8, 4) is 0 Å². The molecule has 0 saturated heterocycles. The Morgan fingerprint density at radius 3 is 2.91 bits per heavy atom. The van der Waals surface area contributed by atoms with Crippen LogP contribution in [0.3, 0.4) is 0 Å². The summed E-state index contributed by atoms with van der Waals surface area (Å²) < 4.78 is 5.27. The Kier molecular flexibility index (Phi) is 3.56. The Morgan fingerprint density at radius 2 is 2.36 bits per heavy atom. The van der Waals surface area contributed by atoms with Crippen molar-refractivity contribution in [3.05, 3.63) is 21.9 Å². The second kappa shape index (κ2) is 4.49. The molecular formula is C8H13NOS. The van der Waals surface area contributed by atoms with Crippen molar-refractivity contribution < 1.29 is 4.74 Å². The number of thiophene rings is 1. The Hall–Kier alpha value is -0.380. The van der Waals surface area contributed by atoms with Crippen molar-refractivity contribution in [2.24, 2.45) is 5.73 Å². The molecule has 0 fully saturated rings. The second-order valence-electron chi connectivity index (χ2n) is 2.35. The van der Waals surface area contributed by atoms with E-state index >= 15 is 0 Å². The largest absolute Gasteiger partial charge is 0.375 e. The van der Waals surface area contributed by atoms with E-state index in [0.717, 1.165) is 0 Å². The lowest BCUT2D eigenvalue weighted by molar-refractivity contribution is 0.130. The van der Waals surface area contributed by atoms with Crippen LogP contribution in [0.5, 0.6) is 0 Å². The molecule has 0 spiro atoms. The van der Waals surface area contributed by atoms with Gasteiger partial charge in [0.05, 0.1) is 13.2 Å². The summed E-state index contributed by atoms with van der Waals surface area (Å²) in [4.78, 5) is 2.60. The lowest BCUT2D eigenvalue weighted by Gasteiger charge is -1.97. The highest BCUT2D eigenvalue weighted by Gasteiger charge is 1.94. The average molecular weight is 171 g/mol. The SMILES string of the molecule is Cc1ccc(COCCN)s1. The van der Waals surface area contributed by atoms with Crippen molar-refractivity contribution in [1.82, 2.24) is 0 Å². The summed E-state index contributed by atoms with van der Waals surface area (Å²) in [5.41, 5.74) is 5.28. The molecule has 0 unspecified atom stereocenters. The molecule has 2 nitrogen and oxygen atoms in total.